The van der Waals surface area contributed by atoms with Crippen LogP contribution in [-0.4, -0.2) is 13.1 Å². The van der Waals surface area contributed by atoms with Crippen molar-refractivity contribution >= 4 is 15.9 Å². The first-order valence-electron chi connectivity index (χ1n) is 6.81. The maximum absolute atomic E-state index is 13.5. The second-order valence-electron chi connectivity index (χ2n) is 5.64. The Morgan fingerprint density at radius 3 is 2.45 bits per heavy atom. The first-order valence-corrected chi connectivity index (χ1v) is 7.60. The third kappa shape index (κ3) is 2.52. The summed E-state index contributed by atoms with van der Waals surface area (Å²) in [5, 5.41) is 3.36. The summed E-state index contributed by atoms with van der Waals surface area (Å²) in [5.41, 5.74) is 3.69. The van der Waals surface area contributed by atoms with Crippen LogP contribution in [-0.2, 0) is 11.8 Å². The van der Waals surface area contributed by atoms with E-state index >= 15 is 0 Å². The Balaban J connectivity index is 1.93. The summed E-state index contributed by atoms with van der Waals surface area (Å²) in [6.45, 7) is 3.95. The molecule has 1 aliphatic heterocycles. The number of halogens is 2. The molecule has 1 heterocycles. The van der Waals surface area contributed by atoms with Crippen LogP contribution in [0.5, 0.6) is 0 Å². The topological polar surface area (TPSA) is 12.0 Å². The summed E-state index contributed by atoms with van der Waals surface area (Å²) in [7, 11) is 0. The van der Waals surface area contributed by atoms with Crippen LogP contribution in [0.3, 0.4) is 0 Å². The molecular formula is C17H17BrFN. The molecule has 0 radical (unpaired) electrons. The summed E-state index contributed by atoms with van der Waals surface area (Å²) in [6.07, 6.45) is 0.880. The molecule has 0 bridgehead atoms. The highest BCUT2D eigenvalue weighted by molar-refractivity contribution is 9.10. The molecule has 0 spiro atoms. The van der Waals surface area contributed by atoms with Crippen LogP contribution in [0.4, 0.5) is 4.39 Å². The lowest BCUT2D eigenvalue weighted by molar-refractivity contribution is 0.274. The highest BCUT2D eigenvalue weighted by Gasteiger charge is 2.38. The molecule has 20 heavy (non-hydrogen) atoms. The summed E-state index contributed by atoms with van der Waals surface area (Å²) >= 11 is 3.47. The van der Waals surface area contributed by atoms with E-state index in [9.17, 15) is 4.39 Å². The highest BCUT2D eigenvalue weighted by Crippen LogP contribution is 2.34. The number of aryl methyl sites for hydroxylation is 1. The van der Waals surface area contributed by atoms with Crippen molar-refractivity contribution < 1.29 is 4.39 Å². The standard InChI is InChI=1S/C17H17BrFN/c1-12-2-7-16(19)8-13(12)9-17(10-20-11-17)14-3-5-15(18)6-4-14/h2-8,20H,9-11H2,1H3. The van der Waals surface area contributed by atoms with Gasteiger partial charge in [0.15, 0.2) is 0 Å². The molecular weight excluding hydrogens is 317 g/mol. The molecule has 0 amide bonds. The number of nitrogens with one attached hydrogen (secondary N) is 1. The molecule has 1 aliphatic rings. The summed E-state index contributed by atoms with van der Waals surface area (Å²) in [4.78, 5) is 0. The van der Waals surface area contributed by atoms with Crippen LogP contribution in [0.15, 0.2) is 46.9 Å². The molecule has 0 aliphatic carbocycles. The number of hydrogen-bond donors (Lipinski definition) is 1. The molecule has 0 saturated carbocycles. The Labute approximate surface area is 127 Å². The highest BCUT2D eigenvalue weighted by atomic mass is 79.9. The van der Waals surface area contributed by atoms with Crippen LogP contribution >= 0.6 is 15.9 Å². The molecule has 0 atom stereocenters. The van der Waals surface area contributed by atoms with Gasteiger partial charge in [-0.2, -0.15) is 0 Å². The van der Waals surface area contributed by atoms with Crippen molar-refractivity contribution in [2.45, 2.75) is 18.8 Å². The Bertz CT molecular complexity index is 617. The summed E-state index contributed by atoms with van der Waals surface area (Å²) in [5.74, 6) is -0.149. The van der Waals surface area contributed by atoms with Gasteiger partial charge in [-0.3, -0.25) is 0 Å². The van der Waals surface area contributed by atoms with Crippen LogP contribution in [0.25, 0.3) is 0 Å². The molecule has 1 nitrogen and oxygen atoms in total. The lowest BCUT2D eigenvalue weighted by Crippen LogP contribution is -2.58. The first kappa shape index (κ1) is 13.8. The van der Waals surface area contributed by atoms with Crippen LogP contribution in [0, 0.1) is 12.7 Å². The van der Waals surface area contributed by atoms with E-state index in [0.29, 0.717) is 0 Å². The fourth-order valence-corrected chi connectivity index (χ4v) is 3.12. The third-order valence-electron chi connectivity index (χ3n) is 4.22. The molecule has 1 N–H and O–H groups in total. The smallest absolute Gasteiger partial charge is 0.123 e. The predicted octanol–water partition coefficient (Wildman–Crippen LogP) is 3.98. The summed E-state index contributed by atoms with van der Waals surface area (Å²) in [6, 6.07) is 13.6. The van der Waals surface area contributed by atoms with Crippen molar-refractivity contribution in [3.63, 3.8) is 0 Å². The van der Waals surface area contributed by atoms with Gasteiger partial charge in [0.05, 0.1) is 0 Å². The number of hydrogen-bond acceptors (Lipinski definition) is 1. The molecule has 2 aromatic rings. The van der Waals surface area contributed by atoms with Gasteiger partial charge in [0.2, 0.25) is 0 Å². The van der Waals surface area contributed by atoms with Gasteiger partial charge in [-0.05, 0) is 54.3 Å². The van der Waals surface area contributed by atoms with E-state index in [2.05, 4.69) is 52.4 Å². The average molecular weight is 334 g/mol. The van der Waals surface area contributed by atoms with Crippen LogP contribution < -0.4 is 5.32 Å². The third-order valence-corrected chi connectivity index (χ3v) is 4.75. The van der Waals surface area contributed by atoms with Gasteiger partial charge in [-0.1, -0.05) is 34.1 Å². The van der Waals surface area contributed by atoms with E-state index in [0.717, 1.165) is 35.1 Å². The lowest BCUT2D eigenvalue weighted by Gasteiger charge is -2.44. The van der Waals surface area contributed by atoms with Gasteiger partial charge < -0.3 is 5.32 Å². The lowest BCUT2D eigenvalue weighted by atomic mass is 9.70. The fourth-order valence-electron chi connectivity index (χ4n) is 2.86. The van der Waals surface area contributed by atoms with Crippen LogP contribution in [0.2, 0.25) is 0 Å². The zero-order valence-electron chi connectivity index (χ0n) is 11.4. The van der Waals surface area contributed by atoms with Crippen LogP contribution in [0.1, 0.15) is 16.7 Å². The van der Waals surface area contributed by atoms with E-state index in [1.54, 1.807) is 6.07 Å². The van der Waals surface area contributed by atoms with Crippen molar-refractivity contribution in [3.8, 4) is 0 Å². The molecule has 1 saturated heterocycles. The Morgan fingerprint density at radius 2 is 1.85 bits per heavy atom. The largest absolute Gasteiger partial charge is 0.315 e. The maximum atomic E-state index is 13.5. The van der Waals surface area contributed by atoms with Crippen molar-refractivity contribution in [2.24, 2.45) is 0 Å². The number of benzene rings is 2. The second kappa shape index (κ2) is 5.30. The summed E-state index contributed by atoms with van der Waals surface area (Å²) < 4.78 is 14.6. The van der Waals surface area contributed by atoms with Gasteiger partial charge in [-0.15, -0.1) is 0 Å². The van der Waals surface area contributed by atoms with Gasteiger partial charge in [0.1, 0.15) is 5.82 Å². The van der Waals surface area contributed by atoms with Gasteiger partial charge in [0.25, 0.3) is 0 Å². The maximum Gasteiger partial charge on any atom is 0.123 e. The van der Waals surface area contributed by atoms with E-state index in [1.807, 2.05) is 6.07 Å². The van der Waals surface area contributed by atoms with Gasteiger partial charge >= 0.3 is 0 Å². The molecule has 1 fully saturated rings. The zero-order chi connectivity index (χ0) is 14.2. The first-order chi connectivity index (χ1) is 9.59. The van der Waals surface area contributed by atoms with Crippen molar-refractivity contribution in [1.82, 2.24) is 5.32 Å². The van der Waals surface area contributed by atoms with E-state index in [1.165, 1.54) is 11.6 Å². The minimum Gasteiger partial charge on any atom is -0.315 e. The molecule has 3 heteroatoms. The molecule has 2 aromatic carbocycles. The predicted molar refractivity (Wildman–Crippen MR) is 83.5 cm³/mol. The van der Waals surface area contributed by atoms with E-state index in [4.69, 9.17) is 0 Å². The van der Waals surface area contributed by atoms with E-state index in [-0.39, 0.29) is 11.2 Å². The Morgan fingerprint density at radius 1 is 1.15 bits per heavy atom. The molecule has 104 valence electrons. The average Bonchev–Trinajstić information content (AvgIpc) is 2.39. The van der Waals surface area contributed by atoms with Crippen molar-refractivity contribution in [3.05, 3.63) is 69.4 Å². The van der Waals surface area contributed by atoms with Crippen molar-refractivity contribution in [2.75, 3.05) is 13.1 Å². The monoisotopic (exact) mass is 333 g/mol. The van der Waals surface area contributed by atoms with Gasteiger partial charge in [0, 0.05) is 23.0 Å². The molecule has 0 unspecified atom stereocenters. The quantitative estimate of drug-likeness (QED) is 0.895. The van der Waals surface area contributed by atoms with Crippen molar-refractivity contribution in [1.29, 1.82) is 0 Å². The number of rotatable bonds is 3. The second-order valence-corrected chi connectivity index (χ2v) is 6.55. The Kier molecular flexibility index (Phi) is 3.65. The molecule has 3 rings (SSSR count). The zero-order valence-corrected chi connectivity index (χ0v) is 13.0. The minimum absolute atomic E-state index is 0.0965. The van der Waals surface area contributed by atoms with E-state index < -0.39 is 0 Å². The molecule has 0 aromatic heterocycles. The minimum atomic E-state index is -0.149. The fraction of sp³-hybridized carbons (Fsp3) is 0.294. The normalized spacial score (nSPS) is 16.8. The SMILES string of the molecule is Cc1ccc(F)cc1CC1(c2ccc(Br)cc2)CNC1. The van der Waals surface area contributed by atoms with Gasteiger partial charge in [-0.25, -0.2) is 4.39 Å². The Hall–Kier alpha value is -1.19.